The molecule has 0 radical (unpaired) electrons. The van der Waals surface area contributed by atoms with E-state index >= 15 is 0 Å². The normalized spacial score (nSPS) is 12.9. The Bertz CT molecular complexity index is 763. The van der Waals surface area contributed by atoms with Crippen molar-refractivity contribution in [3.8, 4) is 0 Å². The van der Waals surface area contributed by atoms with Crippen molar-refractivity contribution in [1.29, 1.82) is 0 Å². The standard InChI is InChI=1S/C18H21FN2.C9H18/c1-5-6-7-8-13(2)18(21-15(4)14(3)20)16-9-11-17(19)12-10-16;1-3-5-7-9-8-6-4-2/h5-12H,3,20H2,1-2,4H3;3,5H,4,6-9H2,1-2H3/b6-5-,8-7-,18-13+,21-15?;5-3-. The molecule has 1 aromatic carbocycles. The van der Waals surface area contributed by atoms with Gasteiger partial charge in [0.15, 0.2) is 0 Å². The van der Waals surface area contributed by atoms with Crippen LogP contribution in [-0.4, -0.2) is 5.71 Å². The lowest BCUT2D eigenvalue weighted by molar-refractivity contribution is 0.627. The fraction of sp³-hybridized carbons (Fsp3) is 0.370. The zero-order chi connectivity index (χ0) is 22.8. The SMILES string of the molecule is C/C=C\CCCCCC.C=C(N)C(C)=N/C(=C(C)/C=C\C=C/C)c1ccc(F)cc1. The third-order valence-corrected chi connectivity index (χ3v) is 4.35. The van der Waals surface area contributed by atoms with E-state index < -0.39 is 0 Å². The molecule has 0 spiro atoms. The molecule has 2 N–H and O–H groups in total. The summed E-state index contributed by atoms with van der Waals surface area (Å²) in [6.07, 6.45) is 18.9. The number of benzene rings is 1. The van der Waals surface area contributed by atoms with Crippen LogP contribution in [0.15, 0.2) is 83.6 Å². The van der Waals surface area contributed by atoms with Crippen molar-refractivity contribution in [2.75, 3.05) is 0 Å². The van der Waals surface area contributed by atoms with E-state index in [2.05, 4.69) is 37.6 Å². The summed E-state index contributed by atoms with van der Waals surface area (Å²) in [5.41, 5.74) is 9.28. The molecule has 0 fully saturated rings. The number of nitrogens with zero attached hydrogens (tertiary/aromatic N) is 1. The van der Waals surface area contributed by atoms with E-state index in [-0.39, 0.29) is 5.82 Å². The van der Waals surface area contributed by atoms with Crippen LogP contribution in [0.3, 0.4) is 0 Å². The summed E-state index contributed by atoms with van der Waals surface area (Å²) >= 11 is 0. The van der Waals surface area contributed by atoms with Crippen LogP contribution in [-0.2, 0) is 0 Å². The molecule has 3 heteroatoms. The van der Waals surface area contributed by atoms with Crippen molar-refractivity contribution >= 4 is 11.4 Å². The van der Waals surface area contributed by atoms with E-state index in [0.29, 0.717) is 11.4 Å². The van der Waals surface area contributed by atoms with Crippen molar-refractivity contribution in [3.05, 3.63) is 90.0 Å². The Balaban J connectivity index is 0.000000787. The van der Waals surface area contributed by atoms with Gasteiger partial charge < -0.3 is 5.73 Å². The second-order valence-electron chi connectivity index (χ2n) is 7.06. The van der Waals surface area contributed by atoms with E-state index in [0.717, 1.165) is 16.8 Å². The van der Waals surface area contributed by atoms with Crippen molar-refractivity contribution in [3.63, 3.8) is 0 Å². The van der Waals surface area contributed by atoms with Crippen LogP contribution in [0, 0.1) is 5.82 Å². The molecule has 0 saturated carbocycles. The Morgan fingerprint density at radius 1 is 1.03 bits per heavy atom. The zero-order valence-corrected chi connectivity index (χ0v) is 19.4. The summed E-state index contributed by atoms with van der Waals surface area (Å²) in [6, 6.07) is 6.24. The third-order valence-electron chi connectivity index (χ3n) is 4.35. The molecule has 0 atom stereocenters. The number of hydrogen-bond acceptors (Lipinski definition) is 2. The first-order valence-electron chi connectivity index (χ1n) is 10.7. The van der Waals surface area contributed by atoms with Crippen LogP contribution in [0.1, 0.15) is 72.3 Å². The van der Waals surface area contributed by atoms with Crippen LogP contribution < -0.4 is 5.73 Å². The van der Waals surface area contributed by atoms with E-state index in [1.807, 2.05) is 38.2 Å². The smallest absolute Gasteiger partial charge is 0.123 e. The quantitative estimate of drug-likeness (QED) is 0.180. The van der Waals surface area contributed by atoms with Gasteiger partial charge in [0.25, 0.3) is 0 Å². The monoisotopic (exact) mass is 410 g/mol. The zero-order valence-electron chi connectivity index (χ0n) is 19.4. The molecule has 0 amide bonds. The Kier molecular flexibility index (Phi) is 15.7. The van der Waals surface area contributed by atoms with Gasteiger partial charge in [-0.05, 0) is 70.4 Å². The number of rotatable bonds is 10. The predicted molar refractivity (Wildman–Crippen MR) is 133 cm³/mol. The van der Waals surface area contributed by atoms with Gasteiger partial charge in [-0.2, -0.15) is 0 Å². The molecule has 1 rings (SSSR count). The van der Waals surface area contributed by atoms with Crippen LogP contribution in [0.2, 0.25) is 0 Å². The number of unbranched alkanes of at least 4 members (excludes halogenated alkanes) is 4. The fourth-order valence-electron chi connectivity index (χ4n) is 2.47. The summed E-state index contributed by atoms with van der Waals surface area (Å²) in [7, 11) is 0. The van der Waals surface area contributed by atoms with Gasteiger partial charge in [0, 0.05) is 11.3 Å². The highest BCUT2D eigenvalue weighted by Crippen LogP contribution is 2.22. The highest BCUT2D eigenvalue weighted by molar-refractivity contribution is 6.00. The van der Waals surface area contributed by atoms with Crippen LogP contribution in [0.5, 0.6) is 0 Å². The van der Waals surface area contributed by atoms with Gasteiger partial charge in [-0.15, -0.1) is 0 Å². The molecule has 1 aromatic rings. The summed E-state index contributed by atoms with van der Waals surface area (Å²) < 4.78 is 13.1. The second kappa shape index (κ2) is 17.2. The van der Waals surface area contributed by atoms with Crippen LogP contribution >= 0.6 is 0 Å². The van der Waals surface area contributed by atoms with Crippen LogP contribution in [0.4, 0.5) is 4.39 Å². The predicted octanol–water partition coefficient (Wildman–Crippen LogP) is 8.16. The van der Waals surface area contributed by atoms with Crippen LogP contribution in [0.25, 0.3) is 5.70 Å². The van der Waals surface area contributed by atoms with Gasteiger partial charge in [0.1, 0.15) is 5.82 Å². The Morgan fingerprint density at radius 2 is 1.70 bits per heavy atom. The highest BCUT2D eigenvalue weighted by Gasteiger charge is 2.05. The Labute approximate surface area is 183 Å². The van der Waals surface area contributed by atoms with E-state index in [9.17, 15) is 4.39 Å². The van der Waals surface area contributed by atoms with Gasteiger partial charge in [0.05, 0.1) is 11.4 Å². The van der Waals surface area contributed by atoms with Crippen molar-refractivity contribution in [2.45, 2.75) is 66.7 Å². The summed E-state index contributed by atoms with van der Waals surface area (Å²) in [5, 5.41) is 0. The average Bonchev–Trinajstić information content (AvgIpc) is 2.73. The Morgan fingerprint density at radius 3 is 2.23 bits per heavy atom. The van der Waals surface area contributed by atoms with Crippen molar-refractivity contribution in [1.82, 2.24) is 0 Å². The maximum Gasteiger partial charge on any atom is 0.123 e. The lowest BCUT2D eigenvalue weighted by Crippen LogP contribution is -2.06. The summed E-state index contributed by atoms with van der Waals surface area (Å²) in [5.74, 6) is -0.274. The van der Waals surface area contributed by atoms with Gasteiger partial charge in [-0.1, -0.05) is 69.2 Å². The minimum atomic E-state index is -0.274. The lowest BCUT2D eigenvalue weighted by Gasteiger charge is -2.08. The molecule has 0 aliphatic carbocycles. The minimum Gasteiger partial charge on any atom is -0.398 e. The molecule has 0 heterocycles. The minimum absolute atomic E-state index is 0.274. The molecule has 0 unspecified atom stereocenters. The van der Waals surface area contributed by atoms with E-state index in [4.69, 9.17) is 5.73 Å². The first-order valence-corrected chi connectivity index (χ1v) is 10.7. The number of aliphatic imine (C=N–C) groups is 1. The summed E-state index contributed by atoms with van der Waals surface area (Å²) in [6.45, 7) is 13.7. The molecule has 0 bridgehead atoms. The van der Waals surface area contributed by atoms with Crippen molar-refractivity contribution in [2.24, 2.45) is 10.7 Å². The number of allylic oxidation sites excluding steroid dienone is 8. The van der Waals surface area contributed by atoms with Gasteiger partial charge in [0.2, 0.25) is 0 Å². The molecule has 164 valence electrons. The molecule has 0 aromatic heterocycles. The average molecular weight is 411 g/mol. The number of halogens is 1. The topological polar surface area (TPSA) is 38.4 Å². The highest BCUT2D eigenvalue weighted by atomic mass is 19.1. The Hall–Kier alpha value is -2.68. The molecule has 0 aliphatic rings. The third kappa shape index (κ3) is 12.7. The maximum atomic E-state index is 13.1. The van der Waals surface area contributed by atoms with Gasteiger partial charge in [-0.3, -0.25) is 4.99 Å². The first kappa shape index (κ1) is 27.3. The number of hydrogen-bond donors (Lipinski definition) is 1. The molecular weight excluding hydrogens is 371 g/mol. The molecule has 2 nitrogen and oxygen atoms in total. The molecule has 0 saturated heterocycles. The van der Waals surface area contributed by atoms with E-state index in [1.54, 1.807) is 19.1 Å². The largest absolute Gasteiger partial charge is 0.398 e. The van der Waals surface area contributed by atoms with E-state index in [1.165, 1.54) is 44.2 Å². The lowest BCUT2D eigenvalue weighted by atomic mass is 10.1. The number of nitrogens with two attached hydrogens (primary N) is 1. The van der Waals surface area contributed by atoms with Gasteiger partial charge >= 0.3 is 0 Å². The van der Waals surface area contributed by atoms with Crippen molar-refractivity contribution < 1.29 is 4.39 Å². The molecule has 0 aliphatic heterocycles. The van der Waals surface area contributed by atoms with Gasteiger partial charge in [-0.25, -0.2) is 4.39 Å². The first-order chi connectivity index (χ1) is 14.4. The second-order valence-corrected chi connectivity index (χ2v) is 7.06. The molecular formula is C27H39FN2. The maximum absolute atomic E-state index is 13.1. The summed E-state index contributed by atoms with van der Waals surface area (Å²) in [4.78, 5) is 4.53. The molecule has 30 heavy (non-hydrogen) atoms. The fourth-order valence-corrected chi connectivity index (χ4v) is 2.47.